The van der Waals surface area contributed by atoms with Gasteiger partial charge in [0.25, 0.3) is 0 Å². The van der Waals surface area contributed by atoms with Crippen molar-refractivity contribution in [1.29, 1.82) is 0 Å². The van der Waals surface area contributed by atoms with Crippen molar-refractivity contribution >= 4 is 38.9 Å². The second kappa shape index (κ2) is 19.3. The van der Waals surface area contributed by atoms with Gasteiger partial charge in [-0.05, 0) is 145 Å². The topological polar surface area (TPSA) is 17.4 Å². The molecule has 0 fully saturated rings. The highest BCUT2D eigenvalue weighted by molar-refractivity contribution is 6.16. The quantitative estimate of drug-likeness (QED) is 0.143. The summed E-state index contributed by atoms with van der Waals surface area (Å²) in [4.78, 5) is 2.46. The zero-order valence-electron chi connectivity index (χ0n) is 44.8. The van der Waals surface area contributed by atoms with E-state index in [1.807, 2.05) is 0 Å². The lowest BCUT2D eigenvalue weighted by molar-refractivity contribution is 0.436. The molecular weight excluding hydrogens is 993 g/mol. The van der Waals surface area contributed by atoms with Crippen LogP contribution < -0.4 is 9.64 Å². The number of anilines is 3. The number of para-hydroxylation sites is 5. The van der Waals surface area contributed by atoms with E-state index in [9.17, 15) is 0 Å². The summed E-state index contributed by atoms with van der Waals surface area (Å²) in [6.07, 6.45) is 0. The Kier molecular flexibility index (Phi) is 11.1. The molecule has 3 nitrogen and oxygen atoms in total. The van der Waals surface area contributed by atoms with Crippen LogP contribution in [0, 0.1) is 0 Å². The van der Waals surface area contributed by atoms with Gasteiger partial charge in [-0.15, -0.1) is 0 Å². The summed E-state index contributed by atoms with van der Waals surface area (Å²) < 4.78 is 9.09. The highest BCUT2D eigenvalue weighted by Gasteiger charge is 2.51. The molecule has 0 unspecified atom stereocenters. The number of nitrogens with zero attached hydrogens (tertiary/aromatic N) is 2. The maximum absolute atomic E-state index is 6.69. The molecule has 0 radical (unpaired) electrons. The van der Waals surface area contributed by atoms with Gasteiger partial charge in [-0.1, -0.05) is 243 Å². The lowest BCUT2D eigenvalue weighted by atomic mass is 9.66. The van der Waals surface area contributed by atoms with Crippen molar-refractivity contribution in [2.24, 2.45) is 0 Å². The number of hydrogen-bond acceptors (Lipinski definition) is 2. The van der Waals surface area contributed by atoms with Crippen LogP contribution in [-0.4, -0.2) is 4.57 Å². The molecule has 1 aliphatic heterocycles. The van der Waals surface area contributed by atoms with Crippen molar-refractivity contribution in [2.45, 2.75) is 5.41 Å². The molecule has 2 heterocycles. The zero-order valence-corrected chi connectivity index (χ0v) is 44.8. The first kappa shape index (κ1) is 47.3. The minimum Gasteiger partial charge on any atom is -0.457 e. The lowest BCUT2D eigenvalue weighted by Crippen LogP contribution is -2.32. The lowest BCUT2D eigenvalue weighted by Gasteiger charge is -2.39. The summed E-state index contributed by atoms with van der Waals surface area (Å²) in [5.41, 5.74) is 25.1. The van der Waals surface area contributed by atoms with Crippen molar-refractivity contribution in [3.63, 3.8) is 0 Å². The van der Waals surface area contributed by atoms with E-state index >= 15 is 0 Å². The molecule has 0 atom stereocenters. The minimum atomic E-state index is -0.558. The highest BCUT2D eigenvalue weighted by atomic mass is 16.5. The average Bonchev–Trinajstić information content (AvgIpc) is 2.74. The Morgan fingerprint density at radius 1 is 0.280 bits per heavy atom. The smallest absolute Gasteiger partial charge is 0.132 e. The van der Waals surface area contributed by atoms with E-state index in [4.69, 9.17) is 4.74 Å². The van der Waals surface area contributed by atoms with Gasteiger partial charge >= 0.3 is 0 Å². The maximum Gasteiger partial charge on any atom is 0.132 e. The first-order valence-corrected chi connectivity index (χ1v) is 28.2. The Hall–Kier alpha value is -10.7. The van der Waals surface area contributed by atoms with Gasteiger partial charge in [0.1, 0.15) is 11.5 Å². The van der Waals surface area contributed by atoms with E-state index in [1.165, 1.54) is 71.9 Å². The molecule has 0 N–H and O–H groups in total. The van der Waals surface area contributed by atoms with Gasteiger partial charge in [0, 0.05) is 44.5 Å². The molecule has 82 heavy (non-hydrogen) atoms. The van der Waals surface area contributed by atoms with Gasteiger partial charge in [-0.3, -0.25) is 0 Å². The van der Waals surface area contributed by atoms with Crippen molar-refractivity contribution in [3.8, 4) is 83.9 Å². The molecule has 1 aliphatic carbocycles. The monoisotopic (exact) mass is 1040 g/mol. The predicted octanol–water partition coefficient (Wildman–Crippen LogP) is 21.1. The molecule has 0 bridgehead atoms. The van der Waals surface area contributed by atoms with E-state index in [0.717, 1.165) is 73.2 Å². The number of ether oxygens (including phenoxy) is 1. The van der Waals surface area contributed by atoms with Crippen LogP contribution in [0.5, 0.6) is 11.5 Å². The number of fused-ring (bicyclic) bond motifs is 12. The van der Waals surface area contributed by atoms with Crippen LogP contribution in [0.2, 0.25) is 0 Å². The first-order chi connectivity index (χ1) is 40.7. The largest absolute Gasteiger partial charge is 0.457 e. The Morgan fingerprint density at radius 3 is 1.54 bits per heavy atom. The van der Waals surface area contributed by atoms with E-state index < -0.39 is 5.41 Å². The van der Waals surface area contributed by atoms with Crippen LogP contribution in [0.1, 0.15) is 22.3 Å². The molecule has 13 aromatic carbocycles. The fraction of sp³-hybridized carbons (Fsp3) is 0.0127. The average molecular weight is 1050 g/mol. The Bertz CT molecular complexity index is 4740. The number of rotatable bonds is 9. The molecule has 1 spiro atoms. The van der Waals surface area contributed by atoms with Crippen LogP contribution in [-0.2, 0) is 5.41 Å². The van der Waals surface area contributed by atoms with Crippen LogP contribution in [0.25, 0.3) is 94.3 Å². The molecule has 0 saturated heterocycles. The SMILES string of the molecule is c1ccc(-c2ccccc2-c2ccccc2-c2ccccc2N(c2ccc(-c3ccc4c(c3)C3(c5ccccc5Oc5ccccc53)c3ccccc3-4)cc2)c2cccc(-c3cccc4c3c3ccccc3n4-c3ccccc3)c2)cc1. The third kappa shape index (κ3) is 7.37. The highest BCUT2D eigenvalue weighted by Crippen LogP contribution is 2.62. The maximum atomic E-state index is 6.69. The van der Waals surface area contributed by atoms with Gasteiger partial charge in [0.2, 0.25) is 0 Å². The molecule has 2 aliphatic rings. The van der Waals surface area contributed by atoms with Crippen LogP contribution in [0.4, 0.5) is 17.1 Å². The molecule has 14 aromatic rings. The van der Waals surface area contributed by atoms with Gasteiger partial charge in [-0.25, -0.2) is 0 Å². The fourth-order valence-electron chi connectivity index (χ4n) is 13.6. The number of benzene rings is 13. The Labute approximate surface area is 477 Å². The van der Waals surface area contributed by atoms with E-state index in [0.29, 0.717) is 0 Å². The van der Waals surface area contributed by atoms with Crippen molar-refractivity contribution < 1.29 is 4.74 Å². The summed E-state index contributed by atoms with van der Waals surface area (Å²) in [5.74, 6) is 1.78. The first-order valence-electron chi connectivity index (χ1n) is 28.2. The van der Waals surface area contributed by atoms with E-state index in [1.54, 1.807) is 0 Å². The zero-order chi connectivity index (χ0) is 54.1. The standard InChI is InChI=1S/C79H52N2O/c1-3-23-54(24-4-1)60-29-7-8-30-62(60)63-31-9-10-32-64(63)67-34-12-17-40-73(67)80(59-28-21-25-56(51-59)61-36-22-42-75-78(61)68-35-13-18-41-74(68)81(75)57-26-5-2-6-27-57)58-48-45-53(46-49-58)55-47-50-66-65-33-11-14-37-69(65)79(72(66)52-55)70-38-15-19-43-76(70)82-77-44-20-16-39-71(77)79/h1-52H. The summed E-state index contributed by atoms with van der Waals surface area (Å²) in [6.45, 7) is 0. The Balaban J connectivity index is 0.875. The van der Waals surface area contributed by atoms with Gasteiger partial charge in [-0.2, -0.15) is 0 Å². The predicted molar refractivity (Wildman–Crippen MR) is 340 cm³/mol. The van der Waals surface area contributed by atoms with Crippen molar-refractivity contribution in [1.82, 2.24) is 4.57 Å². The van der Waals surface area contributed by atoms with Crippen LogP contribution in [0.15, 0.2) is 315 Å². The Morgan fingerprint density at radius 2 is 0.793 bits per heavy atom. The second-order valence-electron chi connectivity index (χ2n) is 21.4. The van der Waals surface area contributed by atoms with Crippen LogP contribution >= 0.6 is 0 Å². The molecule has 1 aromatic heterocycles. The second-order valence-corrected chi connectivity index (χ2v) is 21.4. The van der Waals surface area contributed by atoms with Gasteiger partial charge < -0.3 is 14.2 Å². The molecule has 384 valence electrons. The summed E-state index contributed by atoms with van der Waals surface area (Å²) >= 11 is 0. The number of hydrogen-bond donors (Lipinski definition) is 0. The third-order valence-electron chi connectivity index (χ3n) is 17.1. The van der Waals surface area contributed by atoms with Crippen molar-refractivity contribution in [3.05, 3.63) is 338 Å². The van der Waals surface area contributed by atoms with Crippen molar-refractivity contribution in [2.75, 3.05) is 4.90 Å². The van der Waals surface area contributed by atoms with Crippen LogP contribution in [0.3, 0.4) is 0 Å². The third-order valence-corrected chi connectivity index (χ3v) is 17.1. The summed E-state index contributed by atoms with van der Waals surface area (Å²) in [5, 5.41) is 2.45. The van der Waals surface area contributed by atoms with Gasteiger partial charge in [0.15, 0.2) is 0 Å². The van der Waals surface area contributed by atoms with Gasteiger partial charge in [0.05, 0.1) is 22.1 Å². The summed E-state index contributed by atoms with van der Waals surface area (Å²) in [7, 11) is 0. The van der Waals surface area contributed by atoms with E-state index in [2.05, 4.69) is 325 Å². The van der Waals surface area contributed by atoms with E-state index in [-0.39, 0.29) is 0 Å². The molecule has 0 saturated carbocycles. The fourth-order valence-corrected chi connectivity index (χ4v) is 13.6. The normalized spacial score (nSPS) is 12.6. The molecular formula is C79H52N2O. The molecule has 16 rings (SSSR count). The number of aromatic nitrogens is 1. The summed E-state index contributed by atoms with van der Waals surface area (Å²) in [6, 6.07) is 115. The molecule has 0 amide bonds. The minimum absolute atomic E-state index is 0.558. The molecule has 3 heteroatoms.